The monoisotopic (exact) mass is 475 g/mol. The van der Waals surface area contributed by atoms with Gasteiger partial charge in [-0.1, -0.05) is 6.07 Å². The molecule has 1 unspecified atom stereocenters. The lowest BCUT2D eigenvalue weighted by Crippen LogP contribution is -2.41. The summed E-state index contributed by atoms with van der Waals surface area (Å²) in [7, 11) is -4.08. The minimum absolute atomic E-state index is 0.116. The molecule has 0 bridgehead atoms. The number of hydrogen-bond donors (Lipinski definition) is 1. The number of halogens is 1. The molecule has 2 aliphatic heterocycles. The van der Waals surface area contributed by atoms with Crippen molar-refractivity contribution in [2.75, 3.05) is 43.1 Å². The first-order valence-electron chi connectivity index (χ1n) is 10.8. The summed E-state index contributed by atoms with van der Waals surface area (Å²) in [5.74, 6) is -2.68. The lowest BCUT2D eigenvalue weighted by atomic mass is 10.1. The van der Waals surface area contributed by atoms with Gasteiger partial charge in [0.05, 0.1) is 13.2 Å². The van der Waals surface area contributed by atoms with Crippen molar-refractivity contribution in [3.63, 3.8) is 0 Å². The molecular formula is C23H26FN3O5S. The lowest BCUT2D eigenvalue weighted by Gasteiger charge is -2.26. The van der Waals surface area contributed by atoms with E-state index in [9.17, 15) is 22.4 Å². The molecule has 2 fully saturated rings. The van der Waals surface area contributed by atoms with Gasteiger partial charge in [0.2, 0.25) is 21.8 Å². The summed E-state index contributed by atoms with van der Waals surface area (Å²) in [4.78, 5) is 26.8. The molecule has 176 valence electrons. The maximum absolute atomic E-state index is 14.4. The molecule has 10 heteroatoms. The van der Waals surface area contributed by atoms with Crippen LogP contribution in [0.5, 0.6) is 0 Å². The Kier molecular flexibility index (Phi) is 6.51. The Labute approximate surface area is 192 Å². The SMILES string of the molecule is Cc1ccc(N2CCC(C(=O)Nc3ccc(F)c(S(=O)(=O)N4CCOCC4)c3)C2=O)cc1C. The molecule has 1 atom stereocenters. The van der Waals surface area contributed by atoms with Crippen LogP contribution in [-0.2, 0) is 24.3 Å². The first kappa shape index (κ1) is 23.3. The van der Waals surface area contributed by atoms with E-state index in [1.54, 1.807) is 4.90 Å². The number of ether oxygens (including phenoxy) is 1. The van der Waals surface area contributed by atoms with Crippen LogP contribution < -0.4 is 10.2 Å². The van der Waals surface area contributed by atoms with E-state index in [0.717, 1.165) is 33.3 Å². The molecular weight excluding hydrogens is 449 g/mol. The highest BCUT2D eigenvalue weighted by Crippen LogP contribution is 2.29. The summed E-state index contributed by atoms with van der Waals surface area (Å²) in [5, 5.41) is 2.59. The van der Waals surface area contributed by atoms with Gasteiger partial charge in [-0.05, 0) is 61.7 Å². The van der Waals surface area contributed by atoms with Crippen molar-refractivity contribution >= 4 is 33.2 Å². The largest absolute Gasteiger partial charge is 0.379 e. The van der Waals surface area contributed by atoms with E-state index in [0.29, 0.717) is 13.0 Å². The third-order valence-electron chi connectivity index (χ3n) is 6.11. The molecule has 0 saturated carbocycles. The van der Waals surface area contributed by atoms with Gasteiger partial charge in [-0.2, -0.15) is 4.31 Å². The predicted octanol–water partition coefficient (Wildman–Crippen LogP) is 2.46. The number of morpholine rings is 1. The highest BCUT2D eigenvalue weighted by molar-refractivity contribution is 7.89. The van der Waals surface area contributed by atoms with Crippen molar-refractivity contribution in [1.82, 2.24) is 4.31 Å². The Hall–Kier alpha value is -2.82. The van der Waals surface area contributed by atoms with Crippen LogP contribution in [0.3, 0.4) is 0 Å². The number of amides is 2. The molecule has 0 radical (unpaired) electrons. The molecule has 0 aliphatic carbocycles. The van der Waals surface area contributed by atoms with Gasteiger partial charge in [-0.3, -0.25) is 9.59 Å². The predicted molar refractivity (Wildman–Crippen MR) is 121 cm³/mol. The van der Waals surface area contributed by atoms with Crippen molar-refractivity contribution in [1.29, 1.82) is 0 Å². The first-order chi connectivity index (χ1) is 15.7. The summed E-state index contributed by atoms with van der Waals surface area (Å²) >= 11 is 0. The third-order valence-corrected chi connectivity index (χ3v) is 8.02. The minimum Gasteiger partial charge on any atom is -0.379 e. The van der Waals surface area contributed by atoms with Gasteiger partial charge in [0.15, 0.2) is 0 Å². The molecule has 2 amide bonds. The lowest BCUT2D eigenvalue weighted by molar-refractivity contribution is -0.129. The number of hydrogen-bond acceptors (Lipinski definition) is 5. The summed E-state index contributed by atoms with van der Waals surface area (Å²) in [6, 6.07) is 9.07. The van der Waals surface area contributed by atoms with Crippen LogP contribution >= 0.6 is 0 Å². The number of sulfonamides is 1. The molecule has 2 aliphatic rings. The number of carbonyl (C=O) groups is 2. The quantitative estimate of drug-likeness (QED) is 0.671. The Morgan fingerprint density at radius 2 is 1.79 bits per heavy atom. The number of rotatable bonds is 5. The Balaban J connectivity index is 1.50. The molecule has 4 rings (SSSR count). The fraction of sp³-hybridized carbons (Fsp3) is 0.391. The van der Waals surface area contributed by atoms with Crippen molar-refractivity contribution in [2.45, 2.75) is 25.2 Å². The normalized spacial score (nSPS) is 19.7. The summed E-state index contributed by atoms with van der Waals surface area (Å²) in [6.45, 7) is 5.07. The van der Waals surface area contributed by atoms with Crippen LogP contribution in [0.15, 0.2) is 41.3 Å². The van der Waals surface area contributed by atoms with E-state index < -0.39 is 32.6 Å². The third kappa shape index (κ3) is 4.64. The van der Waals surface area contributed by atoms with Crippen molar-refractivity contribution in [3.8, 4) is 0 Å². The first-order valence-corrected chi connectivity index (χ1v) is 12.2. The van der Waals surface area contributed by atoms with Crippen LogP contribution in [-0.4, -0.2) is 57.4 Å². The summed E-state index contributed by atoms with van der Waals surface area (Å²) in [6.07, 6.45) is 0.331. The zero-order chi connectivity index (χ0) is 23.8. The van der Waals surface area contributed by atoms with Gasteiger partial charge in [-0.25, -0.2) is 12.8 Å². The fourth-order valence-electron chi connectivity index (χ4n) is 4.01. The Morgan fingerprint density at radius 1 is 1.06 bits per heavy atom. The highest BCUT2D eigenvalue weighted by atomic mass is 32.2. The zero-order valence-electron chi connectivity index (χ0n) is 18.5. The average Bonchev–Trinajstić information content (AvgIpc) is 3.19. The van der Waals surface area contributed by atoms with Gasteiger partial charge < -0.3 is 15.0 Å². The van der Waals surface area contributed by atoms with Crippen molar-refractivity contribution < 1.29 is 27.1 Å². The Bertz CT molecular complexity index is 1190. The molecule has 0 spiro atoms. The molecule has 8 nitrogen and oxygen atoms in total. The molecule has 0 aromatic heterocycles. The maximum atomic E-state index is 14.4. The fourth-order valence-corrected chi connectivity index (χ4v) is 5.51. The van der Waals surface area contributed by atoms with Gasteiger partial charge in [-0.15, -0.1) is 0 Å². The number of nitrogens with one attached hydrogen (secondary N) is 1. The van der Waals surface area contributed by atoms with Gasteiger partial charge in [0.25, 0.3) is 0 Å². The molecule has 1 N–H and O–H groups in total. The van der Waals surface area contributed by atoms with Gasteiger partial charge in [0, 0.05) is 31.0 Å². The molecule has 2 aromatic rings. The second-order valence-corrected chi connectivity index (χ2v) is 10.2. The van der Waals surface area contributed by atoms with E-state index in [1.165, 1.54) is 6.07 Å². The van der Waals surface area contributed by atoms with Gasteiger partial charge in [0.1, 0.15) is 16.6 Å². The zero-order valence-corrected chi connectivity index (χ0v) is 19.3. The Morgan fingerprint density at radius 3 is 2.48 bits per heavy atom. The van der Waals surface area contributed by atoms with E-state index in [1.807, 2.05) is 32.0 Å². The maximum Gasteiger partial charge on any atom is 0.246 e. The van der Waals surface area contributed by atoms with Crippen LogP contribution in [0.25, 0.3) is 0 Å². The van der Waals surface area contributed by atoms with Crippen molar-refractivity contribution in [2.24, 2.45) is 5.92 Å². The summed E-state index contributed by atoms with van der Waals surface area (Å²) in [5.41, 5.74) is 3.01. The van der Waals surface area contributed by atoms with E-state index in [2.05, 4.69) is 5.32 Å². The average molecular weight is 476 g/mol. The van der Waals surface area contributed by atoms with Crippen molar-refractivity contribution in [3.05, 3.63) is 53.3 Å². The number of nitrogens with zero attached hydrogens (tertiary/aromatic N) is 2. The van der Waals surface area contributed by atoms with E-state index >= 15 is 0 Å². The van der Waals surface area contributed by atoms with Crippen LogP contribution in [0.1, 0.15) is 17.5 Å². The number of anilines is 2. The standard InChI is InChI=1S/C23H26FN3O5S/c1-15-3-5-18(13-16(15)2)27-8-7-19(23(27)29)22(28)25-17-4-6-20(24)21(14-17)33(30,31)26-9-11-32-12-10-26/h3-6,13-14,19H,7-12H2,1-2H3,(H,25,28). The second-order valence-electron chi connectivity index (χ2n) is 8.25. The number of benzene rings is 2. The second kappa shape index (κ2) is 9.20. The van der Waals surface area contributed by atoms with Crippen LogP contribution in [0, 0.1) is 25.6 Å². The topological polar surface area (TPSA) is 96.0 Å². The van der Waals surface area contributed by atoms with E-state index in [4.69, 9.17) is 4.74 Å². The smallest absolute Gasteiger partial charge is 0.246 e. The number of carbonyl (C=O) groups excluding carboxylic acids is 2. The van der Waals surface area contributed by atoms with Crippen LogP contribution in [0.4, 0.5) is 15.8 Å². The molecule has 33 heavy (non-hydrogen) atoms. The number of aryl methyl sites for hydroxylation is 2. The molecule has 2 aromatic carbocycles. The molecule has 2 saturated heterocycles. The molecule has 2 heterocycles. The van der Waals surface area contributed by atoms with E-state index in [-0.39, 0.29) is 37.9 Å². The minimum atomic E-state index is -4.08. The summed E-state index contributed by atoms with van der Waals surface area (Å²) < 4.78 is 46.5. The highest BCUT2D eigenvalue weighted by Gasteiger charge is 2.38. The van der Waals surface area contributed by atoms with Gasteiger partial charge >= 0.3 is 0 Å². The van der Waals surface area contributed by atoms with Crippen LogP contribution in [0.2, 0.25) is 0 Å².